The zero-order valence-corrected chi connectivity index (χ0v) is 11.4. The largest absolute Gasteiger partial charge is 0.360 e. The Morgan fingerprint density at radius 2 is 2.16 bits per heavy atom. The normalized spacial score (nSPS) is 10.3. The van der Waals surface area contributed by atoms with Gasteiger partial charge >= 0.3 is 0 Å². The van der Waals surface area contributed by atoms with Crippen molar-refractivity contribution in [3.63, 3.8) is 0 Å². The maximum absolute atomic E-state index is 11.3. The summed E-state index contributed by atoms with van der Waals surface area (Å²) in [4.78, 5) is 23.9. The number of Topliss-reactive ketones (excluding diaryl/α,β-unsaturated/α-hetero) is 1. The van der Waals surface area contributed by atoms with Crippen LogP contribution in [-0.4, -0.2) is 23.3 Å². The Labute approximate surface area is 112 Å². The fraction of sp³-hybridized carbons (Fsp3) is 0.357. The molecule has 0 N–H and O–H groups in total. The van der Waals surface area contributed by atoms with Gasteiger partial charge in [-0.1, -0.05) is 6.08 Å². The predicted octanol–water partition coefficient (Wildman–Crippen LogP) is 3.20. The second kappa shape index (κ2) is 6.13. The molecule has 0 unspecified atom stereocenters. The van der Waals surface area contributed by atoms with Crippen LogP contribution in [-0.2, 0) is 0 Å². The summed E-state index contributed by atoms with van der Waals surface area (Å²) in [5, 5.41) is 11.2. The highest BCUT2D eigenvalue weighted by Crippen LogP contribution is 2.30. The number of ketones is 1. The first-order valence-electron chi connectivity index (χ1n) is 6.05. The lowest BCUT2D eigenvalue weighted by Gasteiger charge is -2.27. The molecular weight excluding hydrogens is 244 g/mol. The maximum Gasteiger partial charge on any atom is 0.293 e. The number of nitrogens with zero attached hydrogens (tertiary/aromatic N) is 2. The minimum absolute atomic E-state index is 0.0525. The van der Waals surface area contributed by atoms with E-state index in [1.54, 1.807) is 18.2 Å². The molecular formula is C14H18N2O3. The van der Waals surface area contributed by atoms with E-state index in [1.165, 1.54) is 13.0 Å². The minimum atomic E-state index is -0.458. The molecule has 5 nitrogen and oxygen atoms in total. The highest BCUT2D eigenvalue weighted by molar-refractivity contribution is 5.95. The molecule has 0 saturated heterocycles. The molecule has 0 aromatic heterocycles. The lowest BCUT2D eigenvalue weighted by atomic mass is 10.1. The highest BCUT2D eigenvalue weighted by atomic mass is 16.6. The van der Waals surface area contributed by atoms with Crippen molar-refractivity contribution in [2.75, 3.05) is 11.4 Å². The van der Waals surface area contributed by atoms with Crippen LogP contribution >= 0.6 is 0 Å². The Hall–Kier alpha value is -2.17. The van der Waals surface area contributed by atoms with E-state index in [2.05, 4.69) is 6.58 Å². The van der Waals surface area contributed by atoms with Gasteiger partial charge in [-0.25, -0.2) is 0 Å². The van der Waals surface area contributed by atoms with Crippen molar-refractivity contribution < 1.29 is 9.72 Å². The van der Waals surface area contributed by atoms with E-state index in [0.29, 0.717) is 17.8 Å². The average molecular weight is 262 g/mol. The van der Waals surface area contributed by atoms with Gasteiger partial charge in [0.15, 0.2) is 5.78 Å². The van der Waals surface area contributed by atoms with Crippen LogP contribution in [0.2, 0.25) is 0 Å². The lowest BCUT2D eigenvalue weighted by molar-refractivity contribution is -0.384. The van der Waals surface area contributed by atoms with Crippen molar-refractivity contribution in [2.24, 2.45) is 0 Å². The third kappa shape index (κ3) is 3.40. The number of benzene rings is 1. The van der Waals surface area contributed by atoms with Gasteiger partial charge in [0, 0.05) is 24.2 Å². The third-order valence-corrected chi connectivity index (χ3v) is 2.84. The summed E-state index contributed by atoms with van der Waals surface area (Å²) in [7, 11) is 0. The average Bonchev–Trinajstić information content (AvgIpc) is 2.34. The number of carbonyl (C=O) groups excluding carboxylic acids is 1. The monoisotopic (exact) mass is 262 g/mol. The van der Waals surface area contributed by atoms with E-state index >= 15 is 0 Å². The van der Waals surface area contributed by atoms with Crippen molar-refractivity contribution in [2.45, 2.75) is 26.8 Å². The molecule has 0 radical (unpaired) electrons. The van der Waals surface area contributed by atoms with Gasteiger partial charge in [0.1, 0.15) is 5.69 Å². The molecule has 1 aromatic carbocycles. The van der Waals surface area contributed by atoms with Crippen LogP contribution in [0.1, 0.15) is 31.1 Å². The summed E-state index contributed by atoms with van der Waals surface area (Å²) in [6, 6.07) is 4.66. The fourth-order valence-corrected chi connectivity index (χ4v) is 1.86. The summed E-state index contributed by atoms with van der Waals surface area (Å²) in [5.74, 6) is -0.186. The molecule has 0 saturated carbocycles. The molecule has 0 heterocycles. The first-order chi connectivity index (χ1) is 8.88. The van der Waals surface area contributed by atoms with Crippen molar-refractivity contribution in [1.29, 1.82) is 0 Å². The van der Waals surface area contributed by atoms with Gasteiger partial charge < -0.3 is 4.90 Å². The molecule has 19 heavy (non-hydrogen) atoms. The number of nitro benzene ring substituents is 1. The summed E-state index contributed by atoms with van der Waals surface area (Å²) in [6.45, 7) is 9.47. The van der Waals surface area contributed by atoms with E-state index in [0.717, 1.165) is 0 Å². The first-order valence-corrected chi connectivity index (χ1v) is 6.05. The van der Waals surface area contributed by atoms with Gasteiger partial charge in [0.2, 0.25) is 0 Å². The Balaban J connectivity index is 3.36. The predicted molar refractivity (Wildman–Crippen MR) is 75.8 cm³/mol. The van der Waals surface area contributed by atoms with Gasteiger partial charge in [-0.3, -0.25) is 14.9 Å². The fourth-order valence-electron chi connectivity index (χ4n) is 1.86. The minimum Gasteiger partial charge on any atom is -0.360 e. The molecule has 1 aromatic rings. The van der Waals surface area contributed by atoms with Crippen LogP contribution in [0.4, 0.5) is 11.4 Å². The zero-order chi connectivity index (χ0) is 14.6. The van der Waals surface area contributed by atoms with Gasteiger partial charge in [-0.2, -0.15) is 0 Å². The standard InChI is InChI=1S/C14H18N2O3/c1-5-8-15(10(2)3)13-7-6-12(11(4)17)9-14(13)16(18)19/h5-7,9-10H,1,8H2,2-4H3. The molecule has 0 spiro atoms. The quantitative estimate of drug-likeness (QED) is 0.342. The molecule has 0 bridgehead atoms. The summed E-state index contributed by atoms with van der Waals surface area (Å²) < 4.78 is 0. The molecule has 0 aliphatic heterocycles. The van der Waals surface area contributed by atoms with Crippen LogP contribution in [0, 0.1) is 10.1 Å². The number of rotatable bonds is 6. The number of carbonyl (C=O) groups is 1. The van der Waals surface area contributed by atoms with Crippen LogP contribution in [0.3, 0.4) is 0 Å². The molecule has 5 heteroatoms. The summed E-state index contributed by atoms with van der Waals surface area (Å²) >= 11 is 0. The van der Waals surface area contributed by atoms with Gasteiger partial charge in [0.25, 0.3) is 5.69 Å². The van der Waals surface area contributed by atoms with Gasteiger partial charge in [-0.05, 0) is 32.9 Å². The van der Waals surface area contributed by atoms with Crippen molar-refractivity contribution in [3.8, 4) is 0 Å². The Morgan fingerprint density at radius 1 is 1.53 bits per heavy atom. The number of nitro groups is 1. The molecule has 102 valence electrons. The van der Waals surface area contributed by atoms with Crippen LogP contribution in [0.15, 0.2) is 30.9 Å². The second-order valence-corrected chi connectivity index (χ2v) is 4.55. The van der Waals surface area contributed by atoms with E-state index < -0.39 is 4.92 Å². The van der Waals surface area contributed by atoms with Crippen molar-refractivity contribution >= 4 is 17.2 Å². The number of hydrogen-bond acceptors (Lipinski definition) is 4. The Morgan fingerprint density at radius 3 is 2.58 bits per heavy atom. The Kier molecular flexibility index (Phi) is 4.80. The van der Waals surface area contributed by atoms with Crippen molar-refractivity contribution in [3.05, 3.63) is 46.5 Å². The molecule has 0 aliphatic rings. The third-order valence-electron chi connectivity index (χ3n) is 2.84. The van der Waals surface area contributed by atoms with E-state index in [-0.39, 0.29) is 17.5 Å². The van der Waals surface area contributed by atoms with Crippen LogP contribution in [0.5, 0.6) is 0 Å². The molecule has 0 aliphatic carbocycles. The molecule has 1 rings (SSSR count). The van der Waals surface area contributed by atoms with Crippen molar-refractivity contribution in [1.82, 2.24) is 0 Å². The molecule has 0 amide bonds. The van der Waals surface area contributed by atoms with E-state index in [9.17, 15) is 14.9 Å². The molecule has 0 atom stereocenters. The summed E-state index contributed by atoms with van der Waals surface area (Å²) in [5.41, 5.74) is 0.797. The van der Waals surface area contributed by atoms with E-state index in [1.807, 2.05) is 18.7 Å². The maximum atomic E-state index is 11.3. The highest BCUT2D eigenvalue weighted by Gasteiger charge is 2.22. The van der Waals surface area contributed by atoms with Crippen LogP contribution in [0.25, 0.3) is 0 Å². The van der Waals surface area contributed by atoms with E-state index in [4.69, 9.17) is 0 Å². The van der Waals surface area contributed by atoms with Gasteiger partial charge in [-0.15, -0.1) is 6.58 Å². The number of anilines is 1. The first kappa shape index (κ1) is 14.9. The second-order valence-electron chi connectivity index (χ2n) is 4.55. The SMILES string of the molecule is C=CCN(c1ccc(C(C)=O)cc1[N+](=O)[O-])C(C)C. The van der Waals surface area contributed by atoms with Gasteiger partial charge in [0.05, 0.1) is 4.92 Å². The number of hydrogen-bond donors (Lipinski definition) is 0. The topological polar surface area (TPSA) is 63.5 Å². The Bertz CT molecular complexity index is 509. The molecule has 0 fully saturated rings. The van der Waals surface area contributed by atoms with Crippen LogP contribution < -0.4 is 4.90 Å². The summed E-state index contributed by atoms with van der Waals surface area (Å²) in [6.07, 6.45) is 1.70. The zero-order valence-electron chi connectivity index (χ0n) is 11.4. The lowest BCUT2D eigenvalue weighted by Crippen LogP contribution is -2.31. The smallest absolute Gasteiger partial charge is 0.293 e.